The van der Waals surface area contributed by atoms with Gasteiger partial charge in [0.1, 0.15) is 0 Å². The molecular weight excluding hydrogens is 322 g/mol. The first kappa shape index (κ1) is 14.6. The van der Waals surface area contributed by atoms with Crippen molar-refractivity contribution in [3.05, 3.63) is 70.2 Å². The Hall–Kier alpha value is -2.99. The number of nitrogens with zero attached hydrogens (tertiary/aromatic N) is 2. The summed E-state index contributed by atoms with van der Waals surface area (Å²) < 4.78 is 5.53. The van der Waals surface area contributed by atoms with Gasteiger partial charge in [0.2, 0.25) is 0 Å². The predicted octanol–water partition coefficient (Wildman–Crippen LogP) is 3.34. The summed E-state index contributed by atoms with van der Waals surface area (Å²) >= 11 is 1.62. The minimum atomic E-state index is -0.286. The summed E-state index contributed by atoms with van der Waals surface area (Å²) in [5.74, 6) is -0.0469. The minimum absolute atomic E-state index is 0.238. The maximum absolute atomic E-state index is 12.0. The van der Waals surface area contributed by atoms with Gasteiger partial charge < -0.3 is 4.74 Å². The van der Waals surface area contributed by atoms with E-state index in [-0.39, 0.29) is 17.7 Å². The number of aliphatic imine (C=N–C) groups is 1. The lowest BCUT2D eigenvalue weighted by atomic mass is 10.1. The van der Waals surface area contributed by atoms with Crippen LogP contribution in [0.25, 0.3) is 17.0 Å². The van der Waals surface area contributed by atoms with Crippen molar-refractivity contribution in [2.24, 2.45) is 4.99 Å². The standard InChI is InChI=1S/C18H13N3O2S/c22-17-16(23-18(21-17)20-11-14-4-2-8-24-14)10-12-5-6-15-13(9-12)3-1-7-19-15/h1-10H,11H2,(H,20,21,22)/b16-10-. The van der Waals surface area contributed by atoms with Crippen molar-refractivity contribution in [1.29, 1.82) is 0 Å². The van der Waals surface area contributed by atoms with Gasteiger partial charge >= 0.3 is 0 Å². The number of thiophene rings is 1. The Morgan fingerprint density at radius 3 is 3.08 bits per heavy atom. The molecule has 0 aliphatic carbocycles. The van der Waals surface area contributed by atoms with E-state index in [4.69, 9.17) is 4.74 Å². The topological polar surface area (TPSA) is 63.6 Å². The van der Waals surface area contributed by atoms with Gasteiger partial charge in [-0.15, -0.1) is 11.3 Å². The van der Waals surface area contributed by atoms with Gasteiger partial charge in [-0.25, -0.2) is 4.99 Å². The van der Waals surface area contributed by atoms with Gasteiger partial charge in [0, 0.05) is 16.5 Å². The molecule has 1 aliphatic rings. The second-order valence-corrected chi connectivity index (χ2v) is 6.25. The van der Waals surface area contributed by atoms with Gasteiger partial charge in [-0.05, 0) is 41.3 Å². The number of aromatic nitrogens is 1. The molecule has 118 valence electrons. The lowest BCUT2D eigenvalue weighted by Crippen LogP contribution is -2.20. The van der Waals surface area contributed by atoms with E-state index in [2.05, 4.69) is 15.3 Å². The van der Waals surface area contributed by atoms with Crippen molar-refractivity contribution in [1.82, 2.24) is 10.3 Å². The van der Waals surface area contributed by atoms with Crippen LogP contribution in [0.4, 0.5) is 0 Å². The Bertz CT molecular complexity index is 961. The van der Waals surface area contributed by atoms with Crippen LogP contribution in [0.2, 0.25) is 0 Å². The third-order valence-electron chi connectivity index (χ3n) is 3.53. The monoisotopic (exact) mass is 335 g/mol. The number of carbonyl (C=O) groups excluding carboxylic acids is 1. The van der Waals surface area contributed by atoms with Crippen LogP contribution in [0.5, 0.6) is 0 Å². The first-order valence-corrected chi connectivity index (χ1v) is 8.28. The molecule has 3 heterocycles. The summed E-state index contributed by atoms with van der Waals surface area (Å²) in [6, 6.07) is 13.8. The molecule has 2 aromatic heterocycles. The van der Waals surface area contributed by atoms with Crippen LogP contribution < -0.4 is 5.32 Å². The zero-order valence-corrected chi connectivity index (χ0v) is 13.4. The van der Waals surface area contributed by atoms with Gasteiger partial charge in [0.25, 0.3) is 11.9 Å². The molecule has 0 unspecified atom stereocenters. The highest BCUT2D eigenvalue weighted by Gasteiger charge is 2.24. The molecule has 0 radical (unpaired) electrons. The molecule has 1 saturated heterocycles. The summed E-state index contributed by atoms with van der Waals surface area (Å²) in [7, 11) is 0. The third-order valence-corrected chi connectivity index (χ3v) is 4.40. The molecule has 0 bridgehead atoms. The lowest BCUT2D eigenvalue weighted by Gasteiger charge is -1.99. The van der Waals surface area contributed by atoms with Crippen molar-refractivity contribution in [2.45, 2.75) is 6.54 Å². The molecule has 0 saturated carbocycles. The fourth-order valence-corrected chi connectivity index (χ4v) is 3.02. The molecule has 4 rings (SSSR count). The molecule has 24 heavy (non-hydrogen) atoms. The number of pyridine rings is 1. The average molecular weight is 335 g/mol. The zero-order valence-electron chi connectivity index (χ0n) is 12.6. The quantitative estimate of drug-likeness (QED) is 0.747. The van der Waals surface area contributed by atoms with Gasteiger partial charge in [0.05, 0.1) is 12.1 Å². The van der Waals surface area contributed by atoms with E-state index in [1.165, 1.54) is 0 Å². The van der Waals surface area contributed by atoms with Crippen LogP contribution in [0.3, 0.4) is 0 Å². The Balaban J connectivity index is 1.55. The SMILES string of the molecule is O=C1NC(=NCc2cccs2)O/C1=C\c1ccc2ncccc2c1. The maximum atomic E-state index is 12.0. The molecule has 5 nitrogen and oxygen atoms in total. The Kier molecular flexibility index (Phi) is 3.80. The molecule has 1 amide bonds. The number of nitrogens with one attached hydrogen (secondary N) is 1. The summed E-state index contributed by atoms with van der Waals surface area (Å²) in [5, 5.41) is 5.64. The number of hydrogen-bond acceptors (Lipinski definition) is 5. The smallest absolute Gasteiger partial charge is 0.297 e. The molecule has 1 N–H and O–H groups in total. The van der Waals surface area contributed by atoms with Crippen molar-refractivity contribution >= 4 is 40.2 Å². The highest BCUT2D eigenvalue weighted by atomic mass is 32.1. The molecule has 0 spiro atoms. The van der Waals surface area contributed by atoms with Crippen LogP contribution >= 0.6 is 11.3 Å². The van der Waals surface area contributed by atoms with Crippen molar-refractivity contribution in [2.75, 3.05) is 0 Å². The number of amides is 1. The Morgan fingerprint density at radius 2 is 2.21 bits per heavy atom. The van der Waals surface area contributed by atoms with Crippen LogP contribution in [-0.2, 0) is 16.1 Å². The fourth-order valence-electron chi connectivity index (χ4n) is 2.39. The van der Waals surface area contributed by atoms with Gasteiger partial charge in [-0.1, -0.05) is 18.2 Å². The minimum Gasteiger partial charge on any atom is -0.420 e. The number of fused-ring (bicyclic) bond motifs is 1. The summed E-state index contributed by atoms with van der Waals surface area (Å²) in [6.45, 7) is 0.488. The number of amidine groups is 1. The number of ether oxygens (including phenoxy) is 1. The number of rotatable bonds is 3. The number of carbonyl (C=O) groups is 1. The van der Waals surface area contributed by atoms with E-state index >= 15 is 0 Å². The predicted molar refractivity (Wildman–Crippen MR) is 94.4 cm³/mol. The molecule has 1 aromatic carbocycles. The Labute approximate surface area is 142 Å². The molecule has 1 fully saturated rings. The third kappa shape index (κ3) is 3.04. The summed E-state index contributed by atoms with van der Waals surface area (Å²) in [5.41, 5.74) is 1.79. The largest absolute Gasteiger partial charge is 0.420 e. The summed E-state index contributed by atoms with van der Waals surface area (Å²) in [6.07, 6.45) is 3.46. The van der Waals surface area contributed by atoms with Crippen LogP contribution in [0, 0.1) is 0 Å². The van der Waals surface area contributed by atoms with Crippen molar-refractivity contribution in [3.63, 3.8) is 0 Å². The number of hydrogen-bond donors (Lipinski definition) is 1. The molecule has 6 heteroatoms. The summed E-state index contributed by atoms with van der Waals surface area (Å²) in [4.78, 5) is 21.7. The van der Waals surface area contributed by atoms with Gasteiger partial charge in [0.15, 0.2) is 5.76 Å². The highest BCUT2D eigenvalue weighted by molar-refractivity contribution is 7.09. The van der Waals surface area contributed by atoms with Crippen LogP contribution in [-0.4, -0.2) is 16.9 Å². The lowest BCUT2D eigenvalue weighted by molar-refractivity contribution is -0.116. The van der Waals surface area contributed by atoms with Crippen molar-refractivity contribution < 1.29 is 9.53 Å². The second kappa shape index (κ2) is 6.25. The first-order chi connectivity index (χ1) is 11.8. The highest BCUT2D eigenvalue weighted by Crippen LogP contribution is 2.18. The molecule has 1 aliphatic heterocycles. The van der Waals surface area contributed by atoms with Gasteiger partial charge in [-0.3, -0.25) is 15.1 Å². The van der Waals surface area contributed by atoms with E-state index in [0.29, 0.717) is 6.54 Å². The molecular formula is C18H13N3O2S. The van der Waals surface area contributed by atoms with E-state index < -0.39 is 0 Å². The number of benzene rings is 1. The van der Waals surface area contributed by atoms with Crippen molar-refractivity contribution in [3.8, 4) is 0 Å². The molecule has 0 atom stereocenters. The van der Waals surface area contributed by atoms with Gasteiger partial charge in [-0.2, -0.15) is 0 Å². The average Bonchev–Trinajstić information content (AvgIpc) is 3.23. The molecule has 3 aromatic rings. The second-order valence-electron chi connectivity index (χ2n) is 5.22. The normalized spacial score (nSPS) is 17.4. The van der Waals surface area contributed by atoms with E-state index in [0.717, 1.165) is 21.3 Å². The van der Waals surface area contributed by atoms with E-state index in [1.807, 2.05) is 47.8 Å². The van der Waals surface area contributed by atoms with Crippen LogP contribution in [0.15, 0.2) is 64.8 Å². The van der Waals surface area contributed by atoms with E-state index in [9.17, 15) is 4.79 Å². The first-order valence-electron chi connectivity index (χ1n) is 7.40. The maximum Gasteiger partial charge on any atom is 0.297 e. The fraction of sp³-hybridized carbons (Fsp3) is 0.0556. The van der Waals surface area contributed by atoms with Crippen LogP contribution in [0.1, 0.15) is 10.4 Å². The Morgan fingerprint density at radius 1 is 1.25 bits per heavy atom. The van der Waals surface area contributed by atoms with E-state index in [1.54, 1.807) is 23.6 Å². The zero-order chi connectivity index (χ0) is 16.4.